The van der Waals surface area contributed by atoms with Gasteiger partial charge in [-0.25, -0.2) is 8.42 Å². The van der Waals surface area contributed by atoms with E-state index in [1.807, 2.05) is 0 Å². The lowest BCUT2D eigenvalue weighted by Crippen LogP contribution is -2.14. The molecule has 0 aliphatic heterocycles. The Kier molecular flexibility index (Phi) is 5.61. The third-order valence-corrected chi connectivity index (χ3v) is 5.12. The average Bonchev–Trinajstić information content (AvgIpc) is 2.55. The molecular weight excluding hydrogens is 395 g/mol. The Hall–Kier alpha value is -2.23. The minimum Gasteiger partial charge on any atom is -0.495 e. The van der Waals surface area contributed by atoms with Crippen molar-refractivity contribution in [1.82, 2.24) is 0 Å². The molecule has 0 saturated heterocycles. The number of anilines is 1. The molecule has 0 amide bonds. The molecule has 0 spiro atoms. The van der Waals surface area contributed by atoms with Crippen molar-refractivity contribution in [3.63, 3.8) is 0 Å². The summed E-state index contributed by atoms with van der Waals surface area (Å²) in [6, 6.07) is 5.86. The molecule has 0 fully saturated rings. The fraction of sp³-hybridized carbons (Fsp3) is 0.143. The Morgan fingerprint density at radius 3 is 2.24 bits per heavy atom. The molecule has 134 valence electrons. The summed E-state index contributed by atoms with van der Waals surface area (Å²) in [5.74, 6) is 0.375. The van der Waals surface area contributed by atoms with Crippen LogP contribution in [-0.4, -0.2) is 27.6 Å². The van der Waals surface area contributed by atoms with E-state index >= 15 is 0 Å². The lowest BCUT2D eigenvalue weighted by molar-refractivity contribution is -0.384. The van der Waals surface area contributed by atoms with Gasteiger partial charge >= 0.3 is 0 Å². The van der Waals surface area contributed by atoms with Crippen LogP contribution in [0.1, 0.15) is 0 Å². The summed E-state index contributed by atoms with van der Waals surface area (Å²) >= 11 is 11.7. The fourth-order valence-electron chi connectivity index (χ4n) is 1.94. The summed E-state index contributed by atoms with van der Waals surface area (Å²) in [7, 11) is -1.44. The van der Waals surface area contributed by atoms with Crippen LogP contribution in [0, 0.1) is 10.1 Å². The van der Waals surface area contributed by atoms with Crippen molar-refractivity contribution < 1.29 is 22.8 Å². The highest BCUT2D eigenvalue weighted by molar-refractivity contribution is 7.92. The van der Waals surface area contributed by atoms with Gasteiger partial charge in [0.2, 0.25) is 0 Å². The topological polar surface area (TPSA) is 108 Å². The van der Waals surface area contributed by atoms with E-state index in [9.17, 15) is 18.5 Å². The van der Waals surface area contributed by atoms with Gasteiger partial charge in [0.25, 0.3) is 15.7 Å². The first-order valence-electron chi connectivity index (χ1n) is 6.58. The van der Waals surface area contributed by atoms with Crippen molar-refractivity contribution in [3.05, 3.63) is 50.5 Å². The molecule has 0 unspecified atom stereocenters. The maximum atomic E-state index is 12.5. The zero-order valence-electron chi connectivity index (χ0n) is 12.9. The predicted molar refractivity (Wildman–Crippen MR) is 93.5 cm³/mol. The Balaban J connectivity index is 2.49. The van der Waals surface area contributed by atoms with Gasteiger partial charge < -0.3 is 9.47 Å². The number of sulfonamides is 1. The van der Waals surface area contributed by atoms with Crippen LogP contribution in [0.3, 0.4) is 0 Å². The first kappa shape index (κ1) is 19.1. The minimum atomic E-state index is -4.15. The van der Waals surface area contributed by atoms with Crippen molar-refractivity contribution in [1.29, 1.82) is 0 Å². The molecule has 0 bridgehead atoms. The van der Waals surface area contributed by atoms with Crippen molar-refractivity contribution in [2.45, 2.75) is 4.90 Å². The van der Waals surface area contributed by atoms with E-state index < -0.39 is 20.6 Å². The van der Waals surface area contributed by atoms with Gasteiger partial charge in [-0.15, -0.1) is 0 Å². The molecule has 25 heavy (non-hydrogen) atoms. The van der Waals surface area contributed by atoms with Gasteiger partial charge in [0.1, 0.15) is 16.5 Å². The van der Waals surface area contributed by atoms with Gasteiger partial charge in [0, 0.05) is 18.2 Å². The molecule has 11 heteroatoms. The Morgan fingerprint density at radius 2 is 1.68 bits per heavy atom. The molecule has 2 rings (SSSR count). The molecule has 1 N–H and O–H groups in total. The van der Waals surface area contributed by atoms with Crippen molar-refractivity contribution in [2.24, 2.45) is 0 Å². The van der Waals surface area contributed by atoms with Crippen LogP contribution in [-0.2, 0) is 10.0 Å². The van der Waals surface area contributed by atoms with E-state index in [-0.39, 0.29) is 32.1 Å². The summed E-state index contributed by atoms with van der Waals surface area (Å²) in [4.78, 5) is 9.83. The number of nitrogens with zero attached hydrogens (tertiary/aromatic N) is 1. The number of hydrogen-bond acceptors (Lipinski definition) is 6. The summed E-state index contributed by atoms with van der Waals surface area (Å²) in [5.41, 5.74) is -0.466. The number of rotatable bonds is 6. The number of halogens is 2. The molecule has 0 atom stereocenters. The molecule has 0 radical (unpaired) electrons. The number of nitro benzene ring substituents is 1. The Bertz CT molecular complexity index is 933. The van der Waals surface area contributed by atoms with Crippen molar-refractivity contribution in [2.75, 3.05) is 18.9 Å². The average molecular weight is 407 g/mol. The van der Waals surface area contributed by atoms with Crippen LogP contribution in [0.4, 0.5) is 11.4 Å². The number of methoxy groups -OCH3 is 2. The predicted octanol–water partition coefficient (Wildman–Crippen LogP) is 3.72. The second-order valence-corrected chi connectivity index (χ2v) is 7.16. The van der Waals surface area contributed by atoms with Crippen LogP contribution >= 0.6 is 23.2 Å². The van der Waals surface area contributed by atoms with Crippen LogP contribution < -0.4 is 14.2 Å². The smallest absolute Gasteiger partial charge is 0.289 e. The lowest BCUT2D eigenvalue weighted by Gasteiger charge is -2.14. The molecule has 0 aliphatic rings. The molecule has 0 aromatic heterocycles. The molecule has 2 aromatic carbocycles. The molecule has 0 saturated carbocycles. The number of benzene rings is 2. The summed E-state index contributed by atoms with van der Waals surface area (Å²) in [6.45, 7) is 0. The quantitative estimate of drug-likeness (QED) is 0.578. The highest BCUT2D eigenvalue weighted by Gasteiger charge is 2.22. The summed E-state index contributed by atoms with van der Waals surface area (Å²) in [6.07, 6.45) is 0. The SMILES string of the molecule is COc1cc(NS(=O)(=O)c2ccc(Cl)c([N+](=O)[O-])c2)c(OC)cc1Cl. The van der Waals surface area contributed by atoms with Gasteiger partial charge in [-0.1, -0.05) is 23.2 Å². The zero-order chi connectivity index (χ0) is 18.8. The van der Waals surface area contributed by atoms with Crippen LogP contribution in [0.2, 0.25) is 10.0 Å². The maximum Gasteiger partial charge on any atom is 0.289 e. The number of ether oxygens (including phenoxy) is 2. The number of nitrogens with one attached hydrogen (secondary N) is 1. The van der Waals surface area contributed by atoms with E-state index in [0.717, 1.165) is 18.2 Å². The second kappa shape index (κ2) is 7.34. The van der Waals surface area contributed by atoms with E-state index in [0.29, 0.717) is 0 Å². The van der Waals surface area contributed by atoms with E-state index in [1.165, 1.54) is 26.4 Å². The standard InChI is InChI=1S/C14H12Cl2N2O6S/c1-23-13-7-11(14(24-2)6-10(13)16)17-25(21,22)8-3-4-9(15)12(5-8)18(19)20/h3-7,17H,1-2H3. The van der Waals surface area contributed by atoms with Gasteiger partial charge in [-0.3, -0.25) is 14.8 Å². The lowest BCUT2D eigenvalue weighted by atomic mass is 10.3. The summed E-state index contributed by atoms with van der Waals surface area (Å²) in [5, 5.41) is 11.0. The summed E-state index contributed by atoms with van der Waals surface area (Å²) < 4.78 is 37.5. The van der Waals surface area contributed by atoms with Crippen LogP contribution in [0.5, 0.6) is 11.5 Å². The number of hydrogen-bond donors (Lipinski definition) is 1. The van der Waals surface area contributed by atoms with Gasteiger partial charge in [0.05, 0.1) is 34.7 Å². The first-order valence-corrected chi connectivity index (χ1v) is 8.81. The fourth-order valence-corrected chi connectivity index (χ4v) is 3.44. The Labute approximate surface area is 153 Å². The minimum absolute atomic E-state index is 0.0568. The first-order chi connectivity index (χ1) is 11.7. The van der Waals surface area contributed by atoms with Crippen LogP contribution in [0.15, 0.2) is 35.2 Å². The Morgan fingerprint density at radius 1 is 1.04 bits per heavy atom. The highest BCUT2D eigenvalue weighted by atomic mass is 35.5. The van der Waals surface area contributed by atoms with E-state index in [1.54, 1.807) is 0 Å². The monoisotopic (exact) mass is 406 g/mol. The maximum absolute atomic E-state index is 12.5. The molecular formula is C14H12Cl2N2O6S. The van der Waals surface area contributed by atoms with Crippen LogP contribution in [0.25, 0.3) is 0 Å². The number of nitro groups is 1. The van der Waals surface area contributed by atoms with Gasteiger partial charge in [-0.05, 0) is 12.1 Å². The highest BCUT2D eigenvalue weighted by Crippen LogP contribution is 2.37. The third-order valence-electron chi connectivity index (χ3n) is 3.14. The van der Waals surface area contributed by atoms with Gasteiger partial charge in [-0.2, -0.15) is 0 Å². The van der Waals surface area contributed by atoms with E-state index in [2.05, 4.69) is 4.72 Å². The molecule has 0 heterocycles. The molecule has 8 nitrogen and oxygen atoms in total. The second-order valence-electron chi connectivity index (χ2n) is 4.66. The third kappa shape index (κ3) is 4.06. The largest absolute Gasteiger partial charge is 0.495 e. The van der Waals surface area contributed by atoms with Crippen molar-refractivity contribution >= 4 is 44.6 Å². The zero-order valence-corrected chi connectivity index (χ0v) is 15.3. The van der Waals surface area contributed by atoms with Crippen molar-refractivity contribution in [3.8, 4) is 11.5 Å². The van der Waals surface area contributed by atoms with Gasteiger partial charge in [0.15, 0.2) is 0 Å². The normalized spacial score (nSPS) is 11.0. The molecule has 2 aromatic rings. The molecule has 0 aliphatic carbocycles. The van der Waals surface area contributed by atoms with E-state index in [4.69, 9.17) is 32.7 Å².